The Bertz CT molecular complexity index is 444. The van der Waals surface area contributed by atoms with E-state index in [2.05, 4.69) is 0 Å². The van der Waals surface area contributed by atoms with E-state index in [1.165, 1.54) is 25.7 Å². The van der Waals surface area contributed by atoms with Crippen molar-refractivity contribution >= 4 is 11.6 Å². The van der Waals surface area contributed by atoms with Crippen LogP contribution in [0, 0.1) is 11.8 Å². The summed E-state index contributed by atoms with van der Waals surface area (Å²) in [6, 6.07) is 1.79. The minimum absolute atomic E-state index is 0.146. The summed E-state index contributed by atoms with van der Waals surface area (Å²) in [4.78, 5) is 14.6. The highest BCUT2D eigenvalue weighted by molar-refractivity contribution is 5.93. The number of hydrogen-bond acceptors (Lipinski definition) is 2. The van der Waals surface area contributed by atoms with Crippen LogP contribution in [-0.4, -0.2) is 28.5 Å². The zero-order valence-corrected chi connectivity index (χ0v) is 10.9. The van der Waals surface area contributed by atoms with Gasteiger partial charge in [0, 0.05) is 26.3 Å². The molecule has 1 heterocycles. The molecule has 1 aromatic heterocycles. The Hall–Kier alpha value is -1.45. The van der Waals surface area contributed by atoms with Crippen molar-refractivity contribution in [2.75, 3.05) is 18.8 Å². The van der Waals surface area contributed by atoms with Crippen molar-refractivity contribution in [2.45, 2.75) is 25.7 Å². The number of aryl methyl sites for hydroxylation is 1. The summed E-state index contributed by atoms with van der Waals surface area (Å²) in [5, 5.41) is 0. The summed E-state index contributed by atoms with van der Waals surface area (Å²) in [5.41, 5.74) is 7.13. The molecule has 3 rings (SSSR count). The lowest BCUT2D eigenvalue weighted by Gasteiger charge is -2.22. The number of carbonyl (C=O) groups is 1. The second-order valence-corrected chi connectivity index (χ2v) is 5.87. The molecule has 1 amide bonds. The number of aromatic nitrogens is 1. The topological polar surface area (TPSA) is 51.3 Å². The van der Waals surface area contributed by atoms with E-state index in [1.807, 2.05) is 16.5 Å². The van der Waals surface area contributed by atoms with Gasteiger partial charge in [0.15, 0.2) is 0 Å². The van der Waals surface area contributed by atoms with Crippen LogP contribution in [-0.2, 0) is 7.05 Å². The number of carbonyl (C=O) groups excluding carboxylic acids is 1. The molecule has 0 radical (unpaired) electrons. The van der Waals surface area contributed by atoms with Gasteiger partial charge in [0.2, 0.25) is 0 Å². The van der Waals surface area contributed by atoms with Gasteiger partial charge in [-0.15, -0.1) is 0 Å². The molecule has 2 aliphatic carbocycles. The van der Waals surface area contributed by atoms with Gasteiger partial charge in [-0.1, -0.05) is 0 Å². The van der Waals surface area contributed by atoms with E-state index in [9.17, 15) is 4.79 Å². The minimum Gasteiger partial charge on any atom is -0.397 e. The standard InChI is InChI=1S/C14H21N3O/c1-16-9-12(15)6-13(16)14(18)17(7-10-2-3-10)8-11-4-5-11/h6,9-11H,2-5,7-8,15H2,1H3. The zero-order chi connectivity index (χ0) is 12.7. The molecule has 0 atom stereocenters. The molecule has 0 saturated heterocycles. The van der Waals surface area contributed by atoms with Crippen molar-refractivity contribution in [2.24, 2.45) is 18.9 Å². The number of anilines is 1. The molecule has 1 aromatic rings. The Morgan fingerprint density at radius 1 is 1.33 bits per heavy atom. The van der Waals surface area contributed by atoms with Crippen molar-refractivity contribution < 1.29 is 4.79 Å². The number of rotatable bonds is 5. The first-order chi connectivity index (χ1) is 8.63. The Balaban J connectivity index is 1.74. The van der Waals surface area contributed by atoms with Gasteiger partial charge in [0.1, 0.15) is 5.69 Å². The number of nitrogens with zero attached hydrogens (tertiary/aromatic N) is 2. The fourth-order valence-electron chi connectivity index (χ4n) is 2.43. The maximum absolute atomic E-state index is 12.6. The molecule has 0 aliphatic heterocycles. The number of hydrogen-bond donors (Lipinski definition) is 1. The van der Waals surface area contributed by atoms with Crippen LogP contribution in [0.5, 0.6) is 0 Å². The monoisotopic (exact) mass is 247 g/mol. The molecule has 4 heteroatoms. The highest BCUT2D eigenvalue weighted by Crippen LogP contribution is 2.34. The molecule has 2 N–H and O–H groups in total. The van der Waals surface area contributed by atoms with Crippen LogP contribution in [0.15, 0.2) is 12.3 Å². The van der Waals surface area contributed by atoms with Gasteiger partial charge < -0.3 is 15.2 Å². The predicted octanol–water partition coefficient (Wildman–Crippen LogP) is 1.87. The Morgan fingerprint density at radius 3 is 2.28 bits per heavy atom. The second-order valence-electron chi connectivity index (χ2n) is 5.87. The van der Waals surface area contributed by atoms with E-state index < -0.39 is 0 Å². The van der Waals surface area contributed by atoms with Crippen LogP contribution < -0.4 is 5.73 Å². The number of nitrogen functional groups attached to an aromatic ring is 1. The maximum Gasteiger partial charge on any atom is 0.270 e. The fourth-order valence-corrected chi connectivity index (χ4v) is 2.43. The van der Waals surface area contributed by atoms with Crippen LogP contribution in [0.25, 0.3) is 0 Å². The SMILES string of the molecule is Cn1cc(N)cc1C(=O)N(CC1CC1)CC1CC1. The Kier molecular flexibility index (Phi) is 2.80. The van der Waals surface area contributed by atoms with E-state index >= 15 is 0 Å². The summed E-state index contributed by atoms with van der Waals surface area (Å²) < 4.78 is 1.84. The Labute approximate surface area is 108 Å². The molecular formula is C14H21N3O. The molecule has 2 saturated carbocycles. The molecule has 98 valence electrons. The van der Waals surface area contributed by atoms with Gasteiger partial charge in [0.25, 0.3) is 5.91 Å². The van der Waals surface area contributed by atoms with Crippen LogP contribution >= 0.6 is 0 Å². The average molecular weight is 247 g/mol. The summed E-state index contributed by atoms with van der Waals surface area (Å²) >= 11 is 0. The largest absolute Gasteiger partial charge is 0.397 e. The zero-order valence-electron chi connectivity index (χ0n) is 10.9. The lowest BCUT2D eigenvalue weighted by atomic mass is 10.2. The summed E-state index contributed by atoms with van der Waals surface area (Å²) in [7, 11) is 1.88. The van der Waals surface area contributed by atoms with Crippen molar-refractivity contribution in [1.82, 2.24) is 9.47 Å². The highest BCUT2D eigenvalue weighted by atomic mass is 16.2. The smallest absolute Gasteiger partial charge is 0.270 e. The van der Waals surface area contributed by atoms with Gasteiger partial charge in [-0.2, -0.15) is 0 Å². The van der Waals surface area contributed by atoms with E-state index in [0.29, 0.717) is 11.4 Å². The van der Waals surface area contributed by atoms with E-state index in [1.54, 1.807) is 12.3 Å². The molecular weight excluding hydrogens is 226 g/mol. The third-order valence-electron chi connectivity index (χ3n) is 3.88. The van der Waals surface area contributed by atoms with E-state index in [-0.39, 0.29) is 5.91 Å². The second kappa shape index (κ2) is 4.34. The first kappa shape index (κ1) is 11.6. The molecule has 0 bridgehead atoms. The van der Waals surface area contributed by atoms with Crippen molar-refractivity contribution in [3.63, 3.8) is 0 Å². The third-order valence-corrected chi connectivity index (χ3v) is 3.88. The number of nitrogens with two attached hydrogens (primary N) is 1. The van der Waals surface area contributed by atoms with Crippen molar-refractivity contribution in [3.05, 3.63) is 18.0 Å². The van der Waals surface area contributed by atoms with Crippen molar-refractivity contribution in [3.8, 4) is 0 Å². The minimum atomic E-state index is 0.146. The highest BCUT2D eigenvalue weighted by Gasteiger charge is 2.32. The first-order valence-corrected chi connectivity index (χ1v) is 6.84. The van der Waals surface area contributed by atoms with Crippen LogP contribution in [0.2, 0.25) is 0 Å². The molecule has 18 heavy (non-hydrogen) atoms. The summed E-state index contributed by atoms with van der Waals surface area (Å²) in [6.45, 7) is 1.86. The molecule has 0 aromatic carbocycles. The van der Waals surface area contributed by atoms with E-state index in [0.717, 1.165) is 24.9 Å². The molecule has 0 spiro atoms. The first-order valence-electron chi connectivity index (χ1n) is 6.84. The van der Waals surface area contributed by atoms with E-state index in [4.69, 9.17) is 5.73 Å². The lowest BCUT2D eigenvalue weighted by molar-refractivity contribution is 0.0730. The normalized spacial score (nSPS) is 18.9. The number of amides is 1. The van der Waals surface area contributed by atoms with Crippen LogP contribution in [0.1, 0.15) is 36.2 Å². The molecule has 2 aliphatic rings. The molecule has 2 fully saturated rings. The fraction of sp³-hybridized carbons (Fsp3) is 0.643. The average Bonchev–Trinajstić information content (AvgIpc) is 3.20. The van der Waals surface area contributed by atoms with Crippen LogP contribution in [0.3, 0.4) is 0 Å². The van der Waals surface area contributed by atoms with Gasteiger partial charge in [-0.3, -0.25) is 4.79 Å². The van der Waals surface area contributed by atoms with Gasteiger partial charge in [-0.25, -0.2) is 0 Å². The summed E-state index contributed by atoms with van der Waals surface area (Å²) in [5.74, 6) is 1.63. The maximum atomic E-state index is 12.6. The van der Waals surface area contributed by atoms with Gasteiger partial charge in [0.05, 0.1) is 5.69 Å². The van der Waals surface area contributed by atoms with Crippen LogP contribution in [0.4, 0.5) is 5.69 Å². The lowest BCUT2D eigenvalue weighted by Crippen LogP contribution is -2.35. The van der Waals surface area contributed by atoms with Crippen molar-refractivity contribution in [1.29, 1.82) is 0 Å². The molecule has 4 nitrogen and oxygen atoms in total. The third kappa shape index (κ3) is 2.52. The van der Waals surface area contributed by atoms with Gasteiger partial charge >= 0.3 is 0 Å². The predicted molar refractivity (Wildman–Crippen MR) is 71.2 cm³/mol. The quantitative estimate of drug-likeness (QED) is 0.863. The molecule has 0 unspecified atom stereocenters. The van der Waals surface area contributed by atoms with Gasteiger partial charge in [-0.05, 0) is 43.6 Å². The Morgan fingerprint density at radius 2 is 1.89 bits per heavy atom. The summed E-state index contributed by atoms with van der Waals surface area (Å²) in [6.07, 6.45) is 6.93.